The van der Waals surface area contributed by atoms with Gasteiger partial charge in [0, 0.05) is 24.5 Å². The molecule has 0 radical (unpaired) electrons. The molecular formula is C29H32ClN3O4. The van der Waals surface area contributed by atoms with E-state index in [1.54, 1.807) is 35.9 Å². The highest BCUT2D eigenvalue weighted by Crippen LogP contribution is 2.35. The van der Waals surface area contributed by atoms with E-state index in [1.165, 1.54) is 30.9 Å². The standard InChI is InChI=1S/C29H31N3O4.ClH/c1-31-25-21-15-9-10-16-22(21)32(18-23(33)20-13-7-4-8-14-20)29(35)24(25)27(36-2)26(31)28(34)30-17-19-11-5-3-6-12-19;/h4,7-10,13-16,19H,3,5-6,11-12,17-18H2,1-2H3,(H,30,34);1H. The zero-order valence-electron chi connectivity index (χ0n) is 21.2. The Hall–Kier alpha value is -3.58. The highest BCUT2D eigenvalue weighted by Gasteiger charge is 2.28. The number of nitrogens with one attached hydrogen (secondary N) is 1. The van der Waals surface area contributed by atoms with Crippen LogP contribution in [-0.2, 0) is 13.6 Å². The molecule has 194 valence electrons. The molecule has 1 fully saturated rings. The highest BCUT2D eigenvalue weighted by atomic mass is 35.5. The van der Waals surface area contributed by atoms with E-state index in [4.69, 9.17) is 4.74 Å². The molecular weight excluding hydrogens is 490 g/mol. The number of aryl methyl sites for hydroxylation is 1. The van der Waals surface area contributed by atoms with Gasteiger partial charge in [-0.2, -0.15) is 0 Å². The van der Waals surface area contributed by atoms with Crippen molar-refractivity contribution in [3.63, 3.8) is 0 Å². The Morgan fingerprint density at radius 3 is 2.38 bits per heavy atom. The molecule has 4 aromatic rings. The number of Topliss-reactive ketones (excluding diaryl/α,β-unsaturated/α-hetero) is 1. The molecule has 0 saturated heterocycles. The van der Waals surface area contributed by atoms with Crippen LogP contribution in [0.25, 0.3) is 21.8 Å². The Kier molecular flexibility index (Phi) is 8.03. The van der Waals surface area contributed by atoms with E-state index in [2.05, 4.69) is 5.32 Å². The van der Waals surface area contributed by atoms with E-state index in [0.717, 1.165) is 18.2 Å². The van der Waals surface area contributed by atoms with Crippen LogP contribution in [0.4, 0.5) is 0 Å². The quantitative estimate of drug-likeness (QED) is 0.342. The van der Waals surface area contributed by atoms with Crippen LogP contribution in [0.15, 0.2) is 59.4 Å². The van der Waals surface area contributed by atoms with Gasteiger partial charge in [-0.1, -0.05) is 67.8 Å². The monoisotopic (exact) mass is 521 g/mol. The van der Waals surface area contributed by atoms with E-state index in [9.17, 15) is 14.4 Å². The van der Waals surface area contributed by atoms with E-state index in [-0.39, 0.29) is 42.0 Å². The molecule has 2 aromatic heterocycles. The van der Waals surface area contributed by atoms with E-state index in [0.29, 0.717) is 40.1 Å². The van der Waals surface area contributed by atoms with Crippen LogP contribution < -0.4 is 15.6 Å². The molecule has 2 aromatic carbocycles. The molecule has 7 nitrogen and oxygen atoms in total. The number of ether oxygens (including phenoxy) is 1. The summed E-state index contributed by atoms with van der Waals surface area (Å²) >= 11 is 0. The third-order valence-electron chi connectivity index (χ3n) is 7.35. The van der Waals surface area contributed by atoms with Gasteiger partial charge >= 0.3 is 0 Å². The van der Waals surface area contributed by atoms with Crippen molar-refractivity contribution in [3.8, 4) is 5.75 Å². The number of fused-ring (bicyclic) bond motifs is 3. The number of carbonyl (C=O) groups is 2. The van der Waals surface area contributed by atoms with Gasteiger partial charge in [0.25, 0.3) is 11.5 Å². The molecule has 1 aliphatic carbocycles. The number of ketones is 1. The minimum atomic E-state index is -0.355. The molecule has 1 saturated carbocycles. The number of pyridine rings is 1. The van der Waals surface area contributed by atoms with Crippen LogP contribution in [-0.4, -0.2) is 34.5 Å². The van der Waals surface area contributed by atoms with Crippen LogP contribution in [0.1, 0.15) is 53.0 Å². The van der Waals surface area contributed by atoms with Crippen LogP contribution in [0.5, 0.6) is 5.75 Å². The van der Waals surface area contributed by atoms with Gasteiger partial charge in [0.2, 0.25) is 0 Å². The van der Waals surface area contributed by atoms with Crippen LogP contribution in [0, 0.1) is 5.92 Å². The molecule has 5 rings (SSSR count). The molecule has 8 heteroatoms. The fourth-order valence-corrected chi connectivity index (χ4v) is 5.51. The number of hydrogen-bond donors (Lipinski definition) is 1. The number of methoxy groups -OCH3 is 1. The molecule has 0 atom stereocenters. The first-order valence-electron chi connectivity index (χ1n) is 12.6. The average molecular weight is 522 g/mol. The van der Waals surface area contributed by atoms with Crippen molar-refractivity contribution in [2.24, 2.45) is 13.0 Å². The lowest BCUT2D eigenvalue weighted by Crippen LogP contribution is -2.31. The predicted molar refractivity (Wildman–Crippen MR) is 148 cm³/mol. The number of rotatable bonds is 7. The molecule has 0 bridgehead atoms. The Labute approximate surface area is 221 Å². The molecule has 2 heterocycles. The molecule has 0 aliphatic heterocycles. The Morgan fingerprint density at radius 2 is 1.68 bits per heavy atom. The van der Waals surface area contributed by atoms with Gasteiger partial charge < -0.3 is 14.6 Å². The second-order valence-electron chi connectivity index (χ2n) is 9.58. The maximum Gasteiger partial charge on any atom is 0.271 e. The third-order valence-corrected chi connectivity index (χ3v) is 7.35. The van der Waals surface area contributed by atoms with Crippen LogP contribution in [0.2, 0.25) is 0 Å². The van der Waals surface area contributed by atoms with Gasteiger partial charge in [0.1, 0.15) is 5.39 Å². The first-order chi connectivity index (χ1) is 17.5. The normalized spacial score (nSPS) is 13.9. The maximum absolute atomic E-state index is 13.9. The molecule has 0 unspecified atom stereocenters. The highest BCUT2D eigenvalue weighted by molar-refractivity contribution is 6.12. The summed E-state index contributed by atoms with van der Waals surface area (Å²) in [5.74, 6) is 0.296. The van der Waals surface area contributed by atoms with E-state index >= 15 is 0 Å². The first kappa shape index (κ1) is 26.5. The van der Waals surface area contributed by atoms with Gasteiger partial charge in [-0.3, -0.25) is 19.0 Å². The lowest BCUT2D eigenvalue weighted by molar-refractivity contribution is 0.0931. The minimum absolute atomic E-state index is 0. The zero-order chi connectivity index (χ0) is 25.2. The number of amides is 1. The van der Waals surface area contributed by atoms with E-state index < -0.39 is 0 Å². The number of aromatic nitrogens is 2. The number of nitrogens with zero attached hydrogens (tertiary/aromatic N) is 2. The summed E-state index contributed by atoms with van der Waals surface area (Å²) in [5.41, 5.74) is 1.76. The van der Waals surface area contributed by atoms with Crippen molar-refractivity contribution >= 4 is 45.9 Å². The Morgan fingerprint density at radius 1 is 1.00 bits per heavy atom. The summed E-state index contributed by atoms with van der Waals surface area (Å²) in [6.07, 6.45) is 5.90. The lowest BCUT2D eigenvalue weighted by atomic mass is 9.89. The molecule has 37 heavy (non-hydrogen) atoms. The lowest BCUT2D eigenvalue weighted by Gasteiger charge is -2.21. The average Bonchev–Trinajstić information content (AvgIpc) is 3.23. The topological polar surface area (TPSA) is 82.3 Å². The number of carbonyl (C=O) groups excluding carboxylic acids is 2. The number of hydrogen-bond acceptors (Lipinski definition) is 4. The second-order valence-corrected chi connectivity index (χ2v) is 9.58. The van der Waals surface area contributed by atoms with Gasteiger partial charge in [-0.25, -0.2) is 0 Å². The van der Waals surface area contributed by atoms with Crippen molar-refractivity contribution in [2.75, 3.05) is 13.7 Å². The van der Waals surface area contributed by atoms with Crippen molar-refractivity contribution in [2.45, 2.75) is 38.6 Å². The molecule has 1 aliphatic rings. The zero-order valence-corrected chi connectivity index (χ0v) is 22.0. The van der Waals surface area contributed by atoms with Crippen molar-refractivity contribution in [1.29, 1.82) is 0 Å². The minimum Gasteiger partial charge on any atom is -0.493 e. The molecule has 0 spiro atoms. The number of halogens is 1. The third kappa shape index (κ3) is 4.88. The summed E-state index contributed by atoms with van der Waals surface area (Å²) in [7, 11) is 3.26. The van der Waals surface area contributed by atoms with Crippen molar-refractivity contribution in [1.82, 2.24) is 14.5 Å². The first-order valence-corrected chi connectivity index (χ1v) is 12.6. The summed E-state index contributed by atoms with van der Waals surface area (Å²) in [6.45, 7) is 0.501. The Balaban J connectivity index is 0.00000320. The van der Waals surface area contributed by atoms with Crippen molar-refractivity contribution in [3.05, 3.63) is 76.2 Å². The van der Waals surface area contributed by atoms with Crippen molar-refractivity contribution < 1.29 is 14.3 Å². The van der Waals surface area contributed by atoms with Gasteiger partial charge in [-0.15, -0.1) is 12.4 Å². The van der Waals surface area contributed by atoms with Crippen LogP contribution >= 0.6 is 12.4 Å². The SMILES string of the molecule is COc1c(C(=O)NCC2CCCCC2)n(C)c2c1c(=O)n(CC(=O)c1ccccc1)c1ccccc21.Cl. The Bertz CT molecular complexity index is 1500. The second kappa shape index (κ2) is 11.2. The van der Waals surface area contributed by atoms with Gasteiger partial charge in [0.15, 0.2) is 17.2 Å². The predicted octanol–water partition coefficient (Wildman–Crippen LogP) is 5.12. The summed E-state index contributed by atoms with van der Waals surface area (Å²) in [4.78, 5) is 40.3. The van der Waals surface area contributed by atoms with Gasteiger partial charge in [0.05, 0.1) is 24.7 Å². The molecule has 1 amide bonds. The number of para-hydroxylation sites is 1. The fraction of sp³-hybridized carbons (Fsp3) is 0.345. The summed E-state index contributed by atoms with van der Waals surface area (Å²) < 4.78 is 8.92. The fourth-order valence-electron chi connectivity index (χ4n) is 5.51. The largest absolute Gasteiger partial charge is 0.493 e. The van der Waals surface area contributed by atoms with Crippen LogP contribution in [0.3, 0.4) is 0 Å². The molecule has 1 N–H and O–H groups in total. The van der Waals surface area contributed by atoms with Gasteiger partial charge in [-0.05, 0) is 24.8 Å². The number of benzene rings is 2. The maximum atomic E-state index is 13.9. The summed E-state index contributed by atoms with van der Waals surface area (Å²) in [5, 5.41) is 4.16. The smallest absolute Gasteiger partial charge is 0.271 e. The van der Waals surface area contributed by atoms with E-state index in [1.807, 2.05) is 30.3 Å². The summed E-state index contributed by atoms with van der Waals surface area (Å²) in [6, 6.07) is 16.4.